The number of hydrogen-bond donors (Lipinski definition) is 1. The van der Waals surface area contributed by atoms with Gasteiger partial charge in [-0.05, 0) is 85.9 Å². The van der Waals surface area contributed by atoms with Gasteiger partial charge in [-0.25, -0.2) is 9.37 Å². The quantitative estimate of drug-likeness (QED) is 0.209. The number of aromatic nitrogens is 1. The minimum Gasteiger partial charge on any atom is -0.440 e. The number of fused-ring (bicyclic) bond motifs is 2. The summed E-state index contributed by atoms with van der Waals surface area (Å²) >= 11 is 6.30. The molecule has 1 N–H and O–H groups in total. The SMILES string of the molecule is Cc1cc(C(C)Nc2ccc(Cl)nc2-c2cc(F)c3c(c2)CO[B]3)c2oc(N3CCC(C)(C)CC3)c(C)c(=O)c2c1. The first-order valence-electron chi connectivity index (χ1n) is 14.0. The van der Waals surface area contributed by atoms with Gasteiger partial charge in [0.05, 0.1) is 35.0 Å². The molecule has 0 spiro atoms. The highest BCUT2D eigenvalue weighted by molar-refractivity contribution is 6.49. The van der Waals surface area contributed by atoms with Crippen molar-refractivity contribution in [1.82, 2.24) is 4.98 Å². The van der Waals surface area contributed by atoms with E-state index in [1.54, 1.807) is 6.07 Å². The lowest BCUT2D eigenvalue weighted by atomic mass is 9.82. The van der Waals surface area contributed by atoms with E-state index in [2.05, 4.69) is 29.0 Å². The van der Waals surface area contributed by atoms with Gasteiger partial charge in [-0.3, -0.25) is 4.79 Å². The zero-order valence-corrected chi connectivity index (χ0v) is 24.8. The maximum Gasteiger partial charge on any atom is 0.333 e. The van der Waals surface area contributed by atoms with Gasteiger partial charge >= 0.3 is 7.48 Å². The van der Waals surface area contributed by atoms with E-state index in [1.165, 1.54) is 13.5 Å². The van der Waals surface area contributed by atoms with E-state index < -0.39 is 0 Å². The molecule has 2 aromatic carbocycles. The number of nitrogens with zero attached hydrogens (tertiary/aromatic N) is 2. The van der Waals surface area contributed by atoms with Gasteiger partial charge in [0.2, 0.25) is 5.88 Å². The molecule has 4 heterocycles. The standard InChI is InChI=1S/C32H33BClFN3O3/c1-17-12-22(30-23(13-17)29(39)18(2)31(41-30)38-10-8-32(4,5)9-11-38)19(3)36-25-6-7-26(34)37-28(25)20-14-21-16-40-33-27(21)24(35)15-20/h6-7,12-15,19,36H,8-11,16H2,1-5H3. The number of pyridine rings is 1. The smallest absolute Gasteiger partial charge is 0.333 e. The number of benzene rings is 2. The lowest BCUT2D eigenvalue weighted by molar-refractivity contribution is 0.274. The Morgan fingerprint density at radius 1 is 1.15 bits per heavy atom. The molecule has 1 saturated heterocycles. The minimum atomic E-state index is -0.369. The highest BCUT2D eigenvalue weighted by Gasteiger charge is 2.29. The predicted molar refractivity (Wildman–Crippen MR) is 164 cm³/mol. The highest BCUT2D eigenvalue weighted by Crippen LogP contribution is 2.37. The second kappa shape index (κ2) is 10.5. The van der Waals surface area contributed by atoms with Gasteiger partial charge in [-0.1, -0.05) is 31.5 Å². The van der Waals surface area contributed by atoms with Crippen molar-refractivity contribution in [3.8, 4) is 11.3 Å². The molecule has 41 heavy (non-hydrogen) atoms. The van der Waals surface area contributed by atoms with Gasteiger partial charge in [0.15, 0.2) is 5.43 Å². The van der Waals surface area contributed by atoms with Crippen molar-refractivity contribution in [3.05, 3.63) is 79.8 Å². The summed E-state index contributed by atoms with van der Waals surface area (Å²) in [4.78, 5) is 20.4. The number of hydrogen-bond acceptors (Lipinski definition) is 6. The van der Waals surface area contributed by atoms with Gasteiger partial charge in [0.25, 0.3) is 0 Å². The van der Waals surface area contributed by atoms with Gasteiger partial charge < -0.3 is 19.3 Å². The number of aryl methyl sites for hydroxylation is 1. The van der Waals surface area contributed by atoms with Crippen LogP contribution < -0.4 is 21.1 Å². The fourth-order valence-electron chi connectivity index (χ4n) is 5.86. The van der Waals surface area contributed by atoms with E-state index in [0.717, 1.165) is 42.6 Å². The first kappa shape index (κ1) is 27.8. The molecule has 1 atom stereocenters. The van der Waals surface area contributed by atoms with Crippen molar-refractivity contribution in [1.29, 1.82) is 0 Å². The van der Waals surface area contributed by atoms with Crippen LogP contribution in [0.25, 0.3) is 22.2 Å². The monoisotopic (exact) mass is 572 g/mol. The van der Waals surface area contributed by atoms with Crippen molar-refractivity contribution in [2.45, 2.75) is 60.1 Å². The summed E-state index contributed by atoms with van der Waals surface area (Å²) in [5.41, 5.74) is 6.35. The molecule has 6 rings (SSSR count). The van der Waals surface area contributed by atoms with Crippen LogP contribution >= 0.6 is 11.6 Å². The summed E-state index contributed by atoms with van der Waals surface area (Å²) < 4.78 is 26.8. The van der Waals surface area contributed by atoms with Crippen LogP contribution in [0.3, 0.4) is 0 Å². The molecule has 0 saturated carbocycles. The molecule has 0 bridgehead atoms. The Kier molecular flexibility index (Phi) is 7.11. The zero-order chi connectivity index (χ0) is 29.1. The average Bonchev–Trinajstić information content (AvgIpc) is 3.41. The van der Waals surface area contributed by atoms with Gasteiger partial charge in [-0.2, -0.15) is 0 Å². The summed E-state index contributed by atoms with van der Waals surface area (Å²) in [7, 11) is 1.44. The fourth-order valence-corrected chi connectivity index (χ4v) is 6.00. The lowest BCUT2D eigenvalue weighted by Crippen LogP contribution is -2.38. The molecule has 211 valence electrons. The van der Waals surface area contributed by atoms with Crippen LogP contribution in [0.4, 0.5) is 16.0 Å². The third kappa shape index (κ3) is 5.24. The van der Waals surface area contributed by atoms with E-state index in [9.17, 15) is 9.18 Å². The number of piperidine rings is 1. The second-order valence-electron chi connectivity index (χ2n) is 12.1. The Morgan fingerprint density at radius 3 is 2.66 bits per heavy atom. The topological polar surface area (TPSA) is 67.6 Å². The third-order valence-electron chi connectivity index (χ3n) is 8.40. The number of halogens is 2. The highest BCUT2D eigenvalue weighted by atomic mass is 35.5. The molecule has 4 aromatic rings. The average molecular weight is 573 g/mol. The number of rotatable bonds is 5. The molecule has 2 aromatic heterocycles. The van der Waals surface area contributed by atoms with Crippen LogP contribution in [0.5, 0.6) is 0 Å². The van der Waals surface area contributed by atoms with E-state index in [0.29, 0.717) is 56.6 Å². The van der Waals surface area contributed by atoms with Crippen LogP contribution in [-0.4, -0.2) is 25.6 Å². The molecular weight excluding hydrogens is 540 g/mol. The Bertz CT molecular complexity index is 1730. The lowest BCUT2D eigenvalue weighted by Gasteiger charge is -2.37. The van der Waals surface area contributed by atoms with Crippen molar-refractivity contribution >= 4 is 47.1 Å². The summed E-state index contributed by atoms with van der Waals surface area (Å²) in [5.74, 6) is 0.281. The van der Waals surface area contributed by atoms with E-state index in [-0.39, 0.29) is 22.7 Å². The molecule has 1 radical (unpaired) electrons. The first-order chi connectivity index (χ1) is 19.5. The third-order valence-corrected chi connectivity index (χ3v) is 8.61. The molecule has 0 aliphatic carbocycles. The van der Waals surface area contributed by atoms with Gasteiger partial charge in [0.1, 0.15) is 16.6 Å². The molecule has 6 nitrogen and oxygen atoms in total. The molecule has 9 heteroatoms. The number of nitrogens with one attached hydrogen (secondary N) is 1. The second-order valence-corrected chi connectivity index (χ2v) is 12.5. The van der Waals surface area contributed by atoms with Gasteiger partial charge in [-0.15, -0.1) is 0 Å². The molecule has 0 amide bonds. The van der Waals surface area contributed by atoms with Crippen molar-refractivity contribution in [2.24, 2.45) is 5.41 Å². The minimum absolute atomic E-state index is 0.00952. The number of anilines is 2. The molecular formula is C32H33BClFN3O3. The van der Waals surface area contributed by atoms with Crippen molar-refractivity contribution < 1.29 is 13.5 Å². The van der Waals surface area contributed by atoms with Crippen LogP contribution in [0.1, 0.15) is 61.9 Å². The van der Waals surface area contributed by atoms with Crippen LogP contribution in [0, 0.1) is 25.1 Å². The van der Waals surface area contributed by atoms with Crippen molar-refractivity contribution in [3.63, 3.8) is 0 Å². The summed E-state index contributed by atoms with van der Waals surface area (Å²) in [6.07, 6.45) is 2.07. The summed E-state index contributed by atoms with van der Waals surface area (Å²) in [5, 5.41) is 4.42. The largest absolute Gasteiger partial charge is 0.440 e. The molecule has 1 fully saturated rings. The van der Waals surface area contributed by atoms with Crippen LogP contribution in [0.15, 0.2) is 45.6 Å². The Hall–Kier alpha value is -3.36. The molecule has 2 aliphatic rings. The molecule has 2 aliphatic heterocycles. The normalized spacial score (nSPS) is 16.9. The van der Waals surface area contributed by atoms with E-state index in [4.69, 9.17) is 20.7 Å². The van der Waals surface area contributed by atoms with Crippen molar-refractivity contribution in [2.75, 3.05) is 23.3 Å². The Labute approximate surface area is 245 Å². The van der Waals surface area contributed by atoms with Crippen LogP contribution in [-0.2, 0) is 11.3 Å². The first-order valence-corrected chi connectivity index (χ1v) is 14.4. The summed E-state index contributed by atoms with van der Waals surface area (Å²) in [6, 6.07) is 10.6. The van der Waals surface area contributed by atoms with Gasteiger partial charge in [0, 0.05) is 24.2 Å². The maximum absolute atomic E-state index is 14.9. The summed E-state index contributed by atoms with van der Waals surface area (Å²) in [6.45, 7) is 12.4. The van der Waals surface area contributed by atoms with E-state index >= 15 is 0 Å². The molecule has 1 unspecified atom stereocenters. The van der Waals surface area contributed by atoms with Crippen LogP contribution in [0.2, 0.25) is 5.15 Å². The maximum atomic E-state index is 14.9. The predicted octanol–water partition coefficient (Wildman–Crippen LogP) is 6.84. The zero-order valence-electron chi connectivity index (χ0n) is 24.0. The fraction of sp³-hybridized carbons (Fsp3) is 0.375. The van der Waals surface area contributed by atoms with E-state index in [1.807, 2.05) is 45.0 Å². The Balaban J connectivity index is 1.41. The Morgan fingerprint density at radius 2 is 1.90 bits per heavy atom.